The Hall–Kier alpha value is -2.18. The van der Waals surface area contributed by atoms with Gasteiger partial charge in [-0.05, 0) is 201 Å². The van der Waals surface area contributed by atoms with Crippen molar-refractivity contribution in [2.75, 3.05) is 44.6 Å². The molecule has 4 aromatic rings. The van der Waals surface area contributed by atoms with Crippen LogP contribution < -0.4 is 31.0 Å². The summed E-state index contributed by atoms with van der Waals surface area (Å²) < 4.78 is 0. The number of aliphatic hydroxyl groups is 1. The van der Waals surface area contributed by atoms with E-state index in [9.17, 15) is 5.11 Å². The zero-order valence-corrected chi connectivity index (χ0v) is 36.7. The van der Waals surface area contributed by atoms with E-state index in [4.69, 9.17) is 0 Å². The molecule has 2 fully saturated rings. The zero-order chi connectivity index (χ0) is 38.2. The topological polar surface area (TPSA) is 26.7 Å². The van der Waals surface area contributed by atoms with E-state index in [1.165, 1.54) is 77.6 Å². The number of anilines is 2. The molecule has 0 amide bonds. The maximum atomic E-state index is 10.3. The minimum Gasteiger partial charge on any atom is -0.396 e. The summed E-state index contributed by atoms with van der Waals surface area (Å²) in [5.41, 5.74) is 12.1. The normalized spacial score (nSPS) is 15.3. The second-order valence-corrected chi connectivity index (χ2v) is 19.3. The van der Waals surface area contributed by atoms with Crippen molar-refractivity contribution in [3.8, 4) is 0 Å². The largest absolute Gasteiger partial charge is 2.00 e. The molecule has 0 aliphatic heterocycles. The average molecular weight is 797 g/mol. The molecule has 3 nitrogen and oxygen atoms in total. The van der Waals surface area contributed by atoms with Crippen molar-refractivity contribution in [1.82, 2.24) is 0 Å². The van der Waals surface area contributed by atoms with Gasteiger partial charge in [0.05, 0.1) is 0 Å². The second kappa shape index (κ2) is 20.8. The fourth-order valence-electron chi connectivity index (χ4n) is 7.82. The van der Waals surface area contributed by atoms with Crippen LogP contribution in [0.4, 0.5) is 11.4 Å². The van der Waals surface area contributed by atoms with Gasteiger partial charge in [-0.1, -0.05) is 59.7 Å². The average Bonchev–Trinajstić information content (AvgIpc) is 3.84. The minimum atomic E-state index is -0.831. The molecule has 6 rings (SSSR count). The van der Waals surface area contributed by atoms with Crippen LogP contribution in [-0.2, 0) is 17.1 Å². The third-order valence-electron chi connectivity index (χ3n) is 9.92. The summed E-state index contributed by atoms with van der Waals surface area (Å²) >= 11 is 0. The SMILES string of the molecule is Cc1ccc(P([C]2[CH][CH][CH][C]2[C@@H](CCCO)P(c2cc(C)c(N(C)C)c(C)c2)c2cc(C)c(N(C)C)c(C)c2)c2ccc(C)cc2)cc1.[CH]1[CH][CH][CH][CH]1.[Fe+2]. The van der Waals surface area contributed by atoms with Crippen molar-refractivity contribution in [3.05, 3.63) is 169 Å². The summed E-state index contributed by atoms with van der Waals surface area (Å²) in [4.78, 5) is 4.48. The van der Waals surface area contributed by atoms with Crippen molar-refractivity contribution >= 4 is 48.4 Å². The van der Waals surface area contributed by atoms with Gasteiger partial charge in [-0.15, -0.1) is 0 Å². The summed E-state index contributed by atoms with van der Waals surface area (Å²) in [5, 5.41) is 15.9. The minimum absolute atomic E-state index is 0. The smallest absolute Gasteiger partial charge is 0.396 e. The van der Waals surface area contributed by atoms with Gasteiger partial charge in [0.15, 0.2) is 0 Å². The molecule has 282 valence electrons. The van der Waals surface area contributed by atoms with Gasteiger partial charge in [-0.2, -0.15) is 0 Å². The summed E-state index contributed by atoms with van der Waals surface area (Å²) in [6.45, 7) is 13.6. The maximum absolute atomic E-state index is 10.3. The van der Waals surface area contributed by atoms with E-state index in [1.54, 1.807) is 0 Å². The number of hydrogen-bond donors (Lipinski definition) is 1. The van der Waals surface area contributed by atoms with Crippen LogP contribution in [0.5, 0.6) is 0 Å². The Labute approximate surface area is 342 Å². The predicted molar refractivity (Wildman–Crippen MR) is 236 cm³/mol. The molecule has 0 spiro atoms. The van der Waals surface area contributed by atoms with Crippen molar-refractivity contribution in [3.63, 3.8) is 0 Å². The Balaban J connectivity index is 0.000001000. The first-order valence-corrected chi connectivity index (χ1v) is 21.5. The summed E-state index contributed by atoms with van der Waals surface area (Å²) in [7, 11) is 6.95. The van der Waals surface area contributed by atoms with Gasteiger partial charge >= 0.3 is 17.1 Å². The number of aryl methyl sites for hydroxylation is 6. The first kappa shape index (κ1) is 44.5. The molecule has 54 heavy (non-hydrogen) atoms. The number of rotatable bonds is 12. The first-order valence-electron chi connectivity index (χ1n) is 18.7. The summed E-state index contributed by atoms with van der Waals surface area (Å²) in [6.07, 6.45) is 18.7. The van der Waals surface area contributed by atoms with Gasteiger partial charge in [0.25, 0.3) is 0 Å². The van der Waals surface area contributed by atoms with Gasteiger partial charge in [0.1, 0.15) is 0 Å². The van der Waals surface area contributed by atoms with Gasteiger partial charge in [0.2, 0.25) is 0 Å². The molecule has 2 saturated carbocycles. The zero-order valence-electron chi connectivity index (χ0n) is 33.8. The Morgan fingerprint density at radius 1 is 0.537 bits per heavy atom. The van der Waals surface area contributed by atoms with Crippen LogP contribution in [0.15, 0.2) is 72.8 Å². The van der Waals surface area contributed by atoms with E-state index < -0.39 is 15.8 Å². The molecule has 0 heterocycles. The number of benzene rings is 4. The second-order valence-electron chi connectivity index (χ2n) is 14.7. The van der Waals surface area contributed by atoms with E-state index in [0.717, 1.165) is 12.8 Å². The molecule has 0 saturated heterocycles. The van der Waals surface area contributed by atoms with E-state index >= 15 is 0 Å². The van der Waals surface area contributed by atoms with Gasteiger partial charge in [-0.3, -0.25) is 0 Å². The number of aliphatic hydroxyl groups excluding tert-OH is 1. The van der Waals surface area contributed by atoms with Crippen LogP contribution in [0.1, 0.15) is 46.2 Å². The van der Waals surface area contributed by atoms with E-state index in [0.29, 0.717) is 0 Å². The third-order valence-corrected chi connectivity index (χ3v) is 15.2. The Morgan fingerprint density at radius 3 is 1.28 bits per heavy atom. The van der Waals surface area contributed by atoms with Crippen LogP contribution in [0.2, 0.25) is 0 Å². The van der Waals surface area contributed by atoms with Crippen LogP contribution in [0, 0.1) is 104 Å². The molecule has 10 radical (unpaired) electrons. The molecular weight excluding hydrogens is 738 g/mol. The van der Waals surface area contributed by atoms with Crippen LogP contribution >= 0.6 is 15.8 Å². The van der Waals surface area contributed by atoms with E-state index in [1.807, 2.05) is 32.1 Å². The first-order chi connectivity index (χ1) is 25.4. The molecule has 4 aromatic carbocycles. The molecule has 1 N–H and O–H groups in total. The predicted octanol–water partition coefficient (Wildman–Crippen LogP) is 9.13. The standard InChI is InChI=1S/C43H53N2OP2.C5H5.Fe/c1-29-16-20-35(21-17-29)47(36-22-18-30(2)19-23-36)40-14-11-13-39(40)41(15-12-24-46)48(37-25-31(3)42(44(7)8)32(4)26-37)38-27-33(5)43(45(9)10)34(6)28-38;1-2-4-5-3-1;/h11,13-14,16-23,25-28,41,46H,12,15,24H2,1-10H3;1-5H;/q;;+2/t41-;;/m1../s1. The number of nitrogens with zero attached hydrogens (tertiary/aromatic N) is 2. The van der Waals surface area contributed by atoms with Gasteiger partial charge < -0.3 is 14.9 Å². The molecular formula is C48H58FeN2OP2+2. The molecule has 6 heteroatoms. The molecule has 0 unspecified atom stereocenters. The van der Waals surface area contributed by atoms with Crippen molar-refractivity contribution in [2.45, 2.75) is 60.0 Å². The number of hydrogen-bond acceptors (Lipinski definition) is 3. The van der Waals surface area contributed by atoms with Crippen LogP contribution in [0.25, 0.3) is 0 Å². The van der Waals surface area contributed by atoms with Crippen LogP contribution in [0.3, 0.4) is 0 Å². The van der Waals surface area contributed by atoms with Crippen molar-refractivity contribution < 1.29 is 22.2 Å². The van der Waals surface area contributed by atoms with E-state index in [-0.39, 0.29) is 29.3 Å². The van der Waals surface area contributed by atoms with Crippen LogP contribution in [-0.4, -0.2) is 45.6 Å². The fraction of sp³-hybridized carbons (Fsp3) is 0.292. The summed E-state index contributed by atoms with van der Waals surface area (Å²) in [5.74, 6) is 1.43. The molecule has 0 aromatic heterocycles. The molecule has 0 bridgehead atoms. The van der Waals surface area contributed by atoms with Gasteiger partial charge in [-0.25, -0.2) is 0 Å². The van der Waals surface area contributed by atoms with Crippen molar-refractivity contribution in [1.29, 1.82) is 0 Å². The molecule has 2 aliphatic carbocycles. The monoisotopic (exact) mass is 796 g/mol. The Bertz CT molecular complexity index is 1600. The summed E-state index contributed by atoms with van der Waals surface area (Å²) in [6, 6.07) is 28.2. The Morgan fingerprint density at radius 2 is 0.926 bits per heavy atom. The third kappa shape index (κ3) is 10.8. The Kier molecular flexibility index (Phi) is 17.2. The molecule has 1 atom stereocenters. The van der Waals surface area contributed by atoms with E-state index in [2.05, 4.69) is 172 Å². The fourth-order valence-corrected chi connectivity index (χ4v) is 13.7. The maximum Gasteiger partial charge on any atom is 2.00 e. The quantitative estimate of drug-likeness (QED) is 0.115. The molecule has 2 aliphatic rings. The van der Waals surface area contributed by atoms with Gasteiger partial charge in [0, 0.05) is 51.8 Å². The van der Waals surface area contributed by atoms with Crippen molar-refractivity contribution in [2.24, 2.45) is 0 Å².